The highest BCUT2D eigenvalue weighted by Crippen LogP contribution is 2.08. The Morgan fingerprint density at radius 1 is 1.80 bits per heavy atom. The van der Waals surface area contributed by atoms with Crippen LogP contribution in [0, 0.1) is 6.92 Å². The molecule has 1 unspecified atom stereocenters. The molecule has 0 aromatic carbocycles. The van der Waals surface area contributed by atoms with Gasteiger partial charge in [0.05, 0.1) is 12.5 Å². The van der Waals surface area contributed by atoms with Gasteiger partial charge in [-0.3, -0.25) is 4.79 Å². The summed E-state index contributed by atoms with van der Waals surface area (Å²) in [5, 5.41) is 6.22. The van der Waals surface area contributed by atoms with Gasteiger partial charge in [-0.05, 0) is 6.92 Å². The molecule has 0 spiro atoms. The zero-order chi connectivity index (χ0) is 11.3. The normalized spacial score (nSPS) is 12.5. The predicted octanol–water partition coefficient (Wildman–Crippen LogP) is 0.285. The Morgan fingerprint density at radius 3 is 3.00 bits per heavy atom. The molecule has 0 saturated carbocycles. The van der Waals surface area contributed by atoms with Crippen LogP contribution in [0.1, 0.15) is 12.2 Å². The summed E-state index contributed by atoms with van der Waals surface area (Å²) in [5.41, 5.74) is 5.39. The third-order valence-corrected chi connectivity index (χ3v) is 1.90. The van der Waals surface area contributed by atoms with Crippen molar-refractivity contribution in [2.75, 3.05) is 19.0 Å². The monoisotopic (exact) mass is 213 g/mol. The first-order chi connectivity index (χ1) is 7.15. The van der Waals surface area contributed by atoms with Gasteiger partial charge in [0.2, 0.25) is 5.91 Å². The topological polar surface area (TPSA) is 90.4 Å². The maximum atomic E-state index is 11.4. The van der Waals surface area contributed by atoms with Crippen molar-refractivity contribution in [1.29, 1.82) is 0 Å². The van der Waals surface area contributed by atoms with Gasteiger partial charge in [0.15, 0.2) is 5.82 Å². The molecule has 1 amide bonds. The minimum Gasteiger partial charge on any atom is -0.380 e. The summed E-state index contributed by atoms with van der Waals surface area (Å²) < 4.78 is 9.79. The lowest BCUT2D eigenvalue weighted by molar-refractivity contribution is -0.118. The number of methoxy groups -OCH3 is 1. The Bertz CT molecular complexity index is 320. The molecule has 0 bridgehead atoms. The van der Waals surface area contributed by atoms with E-state index in [-0.39, 0.29) is 18.4 Å². The van der Waals surface area contributed by atoms with Crippen molar-refractivity contribution in [3.63, 3.8) is 0 Å². The lowest BCUT2D eigenvalue weighted by Crippen LogP contribution is -2.28. The van der Waals surface area contributed by atoms with Gasteiger partial charge in [0.1, 0.15) is 5.76 Å². The maximum absolute atomic E-state index is 11.4. The summed E-state index contributed by atoms with van der Waals surface area (Å²) in [5.74, 6) is 0.859. The number of anilines is 1. The van der Waals surface area contributed by atoms with Crippen LogP contribution in [-0.4, -0.2) is 30.8 Å². The van der Waals surface area contributed by atoms with Crippen LogP contribution >= 0.6 is 0 Å². The number of carbonyl (C=O) groups excluding carboxylic acids is 1. The molecule has 1 aromatic rings. The minimum atomic E-state index is -0.266. The fourth-order valence-electron chi connectivity index (χ4n) is 1.09. The van der Waals surface area contributed by atoms with Crippen LogP contribution in [0.25, 0.3) is 0 Å². The minimum absolute atomic E-state index is 0.194. The second-order valence-electron chi connectivity index (χ2n) is 3.17. The molecule has 0 aliphatic carbocycles. The van der Waals surface area contributed by atoms with E-state index >= 15 is 0 Å². The summed E-state index contributed by atoms with van der Waals surface area (Å²) in [7, 11) is 1.52. The SMILES string of the molecule is COC(CN)CC(=O)Nc1cc(C)on1. The quantitative estimate of drug-likeness (QED) is 0.733. The van der Waals surface area contributed by atoms with E-state index in [4.69, 9.17) is 15.0 Å². The van der Waals surface area contributed by atoms with Crippen LogP contribution < -0.4 is 11.1 Å². The molecule has 0 aliphatic rings. The predicted molar refractivity (Wildman–Crippen MR) is 54.3 cm³/mol. The van der Waals surface area contributed by atoms with Crippen LogP contribution in [0.4, 0.5) is 5.82 Å². The average molecular weight is 213 g/mol. The number of nitrogens with one attached hydrogen (secondary N) is 1. The number of aromatic nitrogens is 1. The molecule has 0 aliphatic heterocycles. The van der Waals surface area contributed by atoms with Crippen LogP contribution in [0.5, 0.6) is 0 Å². The van der Waals surface area contributed by atoms with Crippen molar-refractivity contribution in [2.24, 2.45) is 5.73 Å². The Morgan fingerprint density at radius 2 is 2.53 bits per heavy atom. The number of carbonyl (C=O) groups is 1. The molecular weight excluding hydrogens is 198 g/mol. The fourth-order valence-corrected chi connectivity index (χ4v) is 1.09. The first kappa shape index (κ1) is 11.7. The Hall–Kier alpha value is -1.40. The number of hydrogen-bond acceptors (Lipinski definition) is 5. The number of nitrogens with two attached hydrogens (primary N) is 1. The van der Waals surface area contributed by atoms with Gasteiger partial charge in [-0.1, -0.05) is 5.16 Å². The van der Waals surface area contributed by atoms with Gasteiger partial charge in [-0.25, -0.2) is 0 Å². The fraction of sp³-hybridized carbons (Fsp3) is 0.556. The van der Waals surface area contributed by atoms with E-state index in [0.717, 1.165) is 0 Å². The van der Waals surface area contributed by atoms with Gasteiger partial charge in [0.25, 0.3) is 0 Å². The molecule has 1 atom stereocenters. The van der Waals surface area contributed by atoms with Crippen LogP contribution in [0.3, 0.4) is 0 Å². The highest BCUT2D eigenvalue weighted by molar-refractivity contribution is 5.90. The Labute approximate surface area is 87.8 Å². The van der Waals surface area contributed by atoms with Gasteiger partial charge < -0.3 is 20.3 Å². The second-order valence-corrected chi connectivity index (χ2v) is 3.17. The molecule has 6 nitrogen and oxygen atoms in total. The van der Waals surface area contributed by atoms with E-state index in [0.29, 0.717) is 18.1 Å². The van der Waals surface area contributed by atoms with Crippen molar-refractivity contribution in [2.45, 2.75) is 19.4 Å². The lowest BCUT2D eigenvalue weighted by atomic mass is 10.2. The summed E-state index contributed by atoms with van der Waals surface area (Å²) in [6.07, 6.45) is -0.0585. The Kier molecular flexibility index (Phi) is 4.26. The first-order valence-corrected chi connectivity index (χ1v) is 4.61. The van der Waals surface area contributed by atoms with Gasteiger partial charge in [0, 0.05) is 19.7 Å². The third kappa shape index (κ3) is 3.69. The van der Waals surface area contributed by atoms with E-state index in [9.17, 15) is 4.79 Å². The number of hydrogen-bond donors (Lipinski definition) is 2. The van der Waals surface area contributed by atoms with E-state index < -0.39 is 0 Å². The highest BCUT2D eigenvalue weighted by Gasteiger charge is 2.12. The number of rotatable bonds is 5. The number of aryl methyl sites for hydroxylation is 1. The molecule has 84 valence electrons. The number of nitrogens with zero attached hydrogens (tertiary/aromatic N) is 1. The van der Waals surface area contributed by atoms with Crippen molar-refractivity contribution in [3.8, 4) is 0 Å². The molecule has 1 heterocycles. The molecule has 3 N–H and O–H groups in total. The van der Waals surface area contributed by atoms with E-state index in [2.05, 4.69) is 10.5 Å². The smallest absolute Gasteiger partial charge is 0.228 e. The number of ether oxygens (including phenoxy) is 1. The average Bonchev–Trinajstić information content (AvgIpc) is 2.60. The first-order valence-electron chi connectivity index (χ1n) is 4.61. The zero-order valence-electron chi connectivity index (χ0n) is 8.82. The van der Waals surface area contributed by atoms with E-state index in [1.807, 2.05) is 0 Å². The molecular formula is C9H15N3O3. The van der Waals surface area contributed by atoms with Gasteiger partial charge in [-0.15, -0.1) is 0 Å². The number of amides is 1. The van der Waals surface area contributed by atoms with E-state index in [1.165, 1.54) is 7.11 Å². The highest BCUT2D eigenvalue weighted by atomic mass is 16.5. The molecule has 15 heavy (non-hydrogen) atoms. The van der Waals surface area contributed by atoms with Crippen LogP contribution in [-0.2, 0) is 9.53 Å². The molecule has 0 fully saturated rings. The van der Waals surface area contributed by atoms with Crippen molar-refractivity contribution in [1.82, 2.24) is 5.16 Å². The van der Waals surface area contributed by atoms with Crippen molar-refractivity contribution in [3.05, 3.63) is 11.8 Å². The molecule has 6 heteroatoms. The third-order valence-electron chi connectivity index (χ3n) is 1.90. The maximum Gasteiger partial charge on any atom is 0.228 e. The van der Waals surface area contributed by atoms with Gasteiger partial charge >= 0.3 is 0 Å². The van der Waals surface area contributed by atoms with Crippen LogP contribution in [0.2, 0.25) is 0 Å². The van der Waals surface area contributed by atoms with Crippen LogP contribution in [0.15, 0.2) is 10.6 Å². The largest absolute Gasteiger partial charge is 0.380 e. The summed E-state index contributed by atoms with van der Waals surface area (Å²) >= 11 is 0. The standard InChI is InChI=1S/C9H15N3O3/c1-6-3-8(12-15-6)11-9(13)4-7(5-10)14-2/h3,7H,4-5,10H2,1-2H3,(H,11,12,13). The molecule has 0 saturated heterocycles. The molecule has 1 rings (SSSR count). The molecule has 1 aromatic heterocycles. The molecule has 0 radical (unpaired) electrons. The lowest BCUT2D eigenvalue weighted by Gasteiger charge is -2.11. The Balaban J connectivity index is 2.42. The van der Waals surface area contributed by atoms with E-state index in [1.54, 1.807) is 13.0 Å². The summed E-state index contributed by atoms with van der Waals surface area (Å²) in [6, 6.07) is 1.64. The summed E-state index contributed by atoms with van der Waals surface area (Å²) in [4.78, 5) is 11.4. The zero-order valence-corrected chi connectivity index (χ0v) is 8.82. The van der Waals surface area contributed by atoms with Gasteiger partial charge in [-0.2, -0.15) is 0 Å². The van der Waals surface area contributed by atoms with Crippen molar-refractivity contribution >= 4 is 11.7 Å². The second kappa shape index (κ2) is 5.47. The summed E-state index contributed by atoms with van der Waals surface area (Å²) in [6.45, 7) is 2.06. The van der Waals surface area contributed by atoms with Crippen molar-refractivity contribution < 1.29 is 14.1 Å².